The highest BCUT2D eigenvalue weighted by Gasteiger charge is 1.97. The Labute approximate surface area is 82.2 Å². The summed E-state index contributed by atoms with van der Waals surface area (Å²) in [6.07, 6.45) is 5.28. The molecule has 74 valence electrons. The van der Waals surface area contributed by atoms with Gasteiger partial charge in [0.2, 0.25) is 0 Å². The Balaban J connectivity index is 0.000000671. The van der Waals surface area contributed by atoms with Crippen molar-refractivity contribution >= 4 is 0 Å². The maximum atomic E-state index is 4.34. The number of pyridine rings is 1. The van der Waals surface area contributed by atoms with E-state index >= 15 is 0 Å². The highest BCUT2D eigenvalue weighted by Crippen LogP contribution is 2.07. The van der Waals surface area contributed by atoms with Gasteiger partial charge in [-0.3, -0.25) is 4.98 Å². The summed E-state index contributed by atoms with van der Waals surface area (Å²) in [7, 11) is 0. The van der Waals surface area contributed by atoms with Gasteiger partial charge in [0.25, 0.3) is 0 Å². The van der Waals surface area contributed by atoms with E-state index in [1.165, 1.54) is 17.7 Å². The van der Waals surface area contributed by atoms with Crippen LogP contribution in [0.15, 0.2) is 18.3 Å². The molecule has 0 unspecified atom stereocenters. The van der Waals surface area contributed by atoms with Crippen molar-refractivity contribution in [2.24, 2.45) is 0 Å². The molecule has 0 saturated carbocycles. The fraction of sp³-hybridized carbons (Fsp3) is 0.583. The highest BCUT2D eigenvalue weighted by atomic mass is 14.7. The first-order chi connectivity index (χ1) is 6.38. The van der Waals surface area contributed by atoms with Gasteiger partial charge in [0.1, 0.15) is 0 Å². The molecule has 1 heteroatoms. The van der Waals surface area contributed by atoms with Crippen LogP contribution in [0.25, 0.3) is 0 Å². The molecule has 1 heterocycles. The summed E-state index contributed by atoms with van der Waals surface area (Å²) >= 11 is 0. The average molecular weight is 179 g/mol. The molecular formula is C12H21N. The van der Waals surface area contributed by atoms with E-state index in [-0.39, 0.29) is 0 Å². The molecule has 0 fully saturated rings. The number of aryl methyl sites for hydroxylation is 2. The Hall–Kier alpha value is -0.850. The predicted octanol–water partition coefficient (Wildman–Crippen LogP) is 3.62. The highest BCUT2D eigenvalue weighted by molar-refractivity contribution is 5.19. The normalized spacial score (nSPS) is 8.92. The van der Waals surface area contributed by atoms with E-state index in [2.05, 4.69) is 24.9 Å². The van der Waals surface area contributed by atoms with Crippen molar-refractivity contribution in [3.63, 3.8) is 0 Å². The van der Waals surface area contributed by atoms with Gasteiger partial charge < -0.3 is 0 Å². The first kappa shape index (κ1) is 12.2. The molecule has 13 heavy (non-hydrogen) atoms. The Morgan fingerprint density at radius 3 is 2.46 bits per heavy atom. The summed E-state index contributed by atoms with van der Waals surface area (Å²) in [4.78, 5) is 4.34. The monoisotopic (exact) mass is 179 g/mol. The average Bonchev–Trinajstić information content (AvgIpc) is 2.22. The van der Waals surface area contributed by atoms with E-state index in [4.69, 9.17) is 0 Å². The lowest BCUT2D eigenvalue weighted by Crippen LogP contribution is -1.94. The van der Waals surface area contributed by atoms with Crippen LogP contribution in [0.1, 0.15) is 45.4 Å². The molecule has 0 aliphatic rings. The summed E-state index contributed by atoms with van der Waals surface area (Å²) in [6, 6.07) is 4.18. The molecule has 1 aromatic heterocycles. The van der Waals surface area contributed by atoms with Gasteiger partial charge in [-0.05, 0) is 24.5 Å². The van der Waals surface area contributed by atoms with Crippen molar-refractivity contribution in [3.05, 3.63) is 29.6 Å². The van der Waals surface area contributed by atoms with Crippen molar-refractivity contribution in [1.29, 1.82) is 0 Å². The predicted molar refractivity (Wildman–Crippen MR) is 59.0 cm³/mol. The molecule has 0 bridgehead atoms. The molecule has 1 rings (SSSR count). The van der Waals surface area contributed by atoms with E-state index in [0.29, 0.717) is 0 Å². The fourth-order valence-corrected chi connectivity index (χ4v) is 1.26. The molecule has 1 aromatic rings. The van der Waals surface area contributed by atoms with E-state index in [0.717, 1.165) is 12.8 Å². The first-order valence-corrected chi connectivity index (χ1v) is 5.31. The zero-order valence-corrected chi connectivity index (χ0v) is 9.30. The minimum atomic E-state index is 1.10. The van der Waals surface area contributed by atoms with Gasteiger partial charge in [-0.1, -0.05) is 40.2 Å². The Morgan fingerprint density at radius 1 is 1.23 bits per heavy atom. The van der Waals surface area contributed by atoms with Gasteiger partial charge >= 0.3 is 0 Å². The SMILES string of the molecule is CC.CCCc1ncccc1CC. The molecular weight excluding hydrogens is 158 g/mol. The smallest absolute Gasteiger partial charge is 0.0435 e. The number of nitrogens with zero attached hydrogens (tertiary/aromatic N) is 1. The molecule has 0 aromatic carbocycles. The maximum absolute atomic E-state index is 4.34. The van der Waals surface area contributed by atoms with E-state index in [9.17, 15) is 0 Å². The molecule has 0 amide bonds. The molecule has 1 nitrogen and oxygen atoms in total. The second-order valence-electron chi connectivity index (χ2n) is 2.71. The van der Waals surface area contributed by atoms with Gasteiger partial charge in [0.05, 0.1) is 0 Å². The van der Waals surface area contributed by atoms with Crippen LogP contribution in [0.2, 0.25) is 0 Å². The molecule has 0 radical (unpaired) electrons. The molecule has 0 spiro atoms. The van der Waals surface area contributed by atoms with Crippen LogP contribution in [0.5, 0.6) is 0 Å². The number of hydrogen-bond acceptors (Lipinski definition) is 1. The van der Waals surface area contributed by atoms with Crippen molar-refractivity contribution in [2.45, 2.75) is 47.0 Å². The standard InChI is InChI=1S/C10H15N.C2H6/c1-3-6-10-9(4-2)7-5-8-11-10;1-2/h5,7-8H,3-4,6H2,1-2H3;1-2H3. The summed E-state index contributed by atoms with van der Waals surface area (Å²) in [6.45, 7) is 8.37. The van der Waals surface area contributed by atoms with Crippen molar-refractivity contribution in [3.8, 4) is 0 Å². The van der Waals surface area contributed by atoms with Crippen molar-refractivity contribution < 1.29 is 0 Å². The van der Waals surface area contributed by atoms with Gasteiger partial charge in [0.15, 0.2) is 0 Å². The van der Waals surface area contributed by atoms with Gasteiger partial charge in [0, 0.05) is 11.9 Å². The van der Waals surface area contributed by atoms with Crippen LogP contribution in [0.4, 0.5) is 0 Å². The van der Waals surface area contributed by atoms with Gasteiger partial charge in [-0.25, -0.2) is 0 Å². The van der Waals surface area contributed by atoms with Crippen LogP contribution >= 0.6 is 0 Å². The summed E-state index contributed by atoms with van der Waals surface area (Å²) in [5.74, 6) is 0. The van der Waals surface area contributed by atoms with Crippen molar-refractivity contribution in [1.82, 2.24) is 4.98 Å². The molecule has 0 N–H and O–H groups in total. The van der Waals surface area contributed by atoms with Crippen LogP contribution in [-0.4, -0.2) is 4.98 Å². The quantitative estimate of drug-likeness (QED) is 0.690. The third kappa shape index (κ3) is 4.07. The topological polar surface area (TPSA) is 12.9 Å². The fourth-order valence-electron chi connectivity index (χ4n) is 1.26. The van der Waals surface area contributed by atoms with E-state index in [1.807, 2.05) is 26.1 Å². The van der Waals surface area contributed by atoms with Crippen molar-refractivity contribution in [2.75, 3.05) is 0 Å². The minimum Gasteiger partial charge on any atom is -0.261 e. The summed E-state index contributed by atoms with van der Waals surface area (Å²) in [5.41, 5.74) is 2.67. The zero-order valence-electron chi connectivity index (χ0n) is 9.30. The van der Waals surface area contributed by atoms with Gasteiger partial charge in [-0.2, -0.15) is 0 Å². The third-order valence-corrected chi connectivity index (χ3v) is 1.85. The maximum Gasteiger partial charge on any atom is 0.0435 e. The number of aromatic nitrogens is 1. The lowest BCUT2D eigenvalue weighted by atomic mass is 10.1. The van der Waals surface area contributed by atoms with Crippen LogP contribution < -0.4 is 0 Å². The van der Waals surface area contributed by atoms with E-state index in [1.54, 1.807) is 0 Å². The Morgan fingerprint density at radius 2 is 1.92 bits per heavy atom. The first-order valence-electron chi connectivity index (χ1n) is 5.31. The lowest BCUT2D eigenvalue weighted by Gasteiger charge is -2.03. The summed E-state index contributed by atoms with van der Waals surface area (Å²) in [5, 5.41) is 0. The molecule has 0 aliphatic carbocycles. The zero-order chi connectivity index (χ0) is 10.1. The largest absolute Gasteiger partial charge is 0.261 e. The molecule has 0 atom stereocenters. The number of rotatable bonds is 3. The van der Waals surface area contributed by atoms with E-state index < -0.39 is 0 Å². The number of hydrogen-bond donors (Lipinski definition) is 0. The second kappa shape index (κ2) is 7.78. The lowest BCUT2D eigenvalue weighted by molar-refractivity contribution is 0.857. The molecule has 0 saturated heterocycles. The molecule has 0 aliphatic heterocycles. The minimum absolute atomic E-state index is 1.10. The Kier molecular flexibility index (Phi) is 7.27. The van der Waals surface area contributed by atoms with Crippen LogP contribution in [0.3, 0.4) is 0 Å². The third-order valence-electron chi connectivity index (χ3n) is 1.85. The van der Waals surface area contributed by atoms with Gasteiger partial charge in [-0.15, -0.1) is 0 Å². The summed E-state index contributed by atoms with van der Waals surface area (Å²) < 4.78 is 0. The Bertz CT molecular complexity index is 218. The second-order valence-corrected chi connectivity index (χ2v) is 2.71. The van der Waals surface area contributed by atoms with Crippen LogP contribution in [-0.2, 0) is 12.8 Å². The van der Waals surface area contributed by atoms with Crippen LogP contribution in [0, 0.1) is 0 Å².